The van der Waals surface area contributed by atoms with Crippen molar-refractivity contribution in [1.29, 1.82) is 0 Å². The third kappa shape index (κ3) is 45.6. The third-order valence-electron chi connectivity index (χ3n) is 13.3. The van der Waals surface area contributed by atoms with Gasteiger partial charge in [0.25, 0.3) is 3.79 Å². The maximum absolute atomic E-state index is 10.2. The van der Waals surface area contributed by atoms with Crippen molar-refractivity contribution in [3.63, 3.8) is 0 Å². The number of esters is 1. The lowest BCUT2D eigenvalue weighted by Crippen LogP contribution is -2.43. The number of aliphatic hydroxyl groups excluding tert-OH is 7. The second-order valence-electron chi connectivity index (χ2n) is 22.0. The lowest BCUT2D eigenvalue weighted by molar-refractivity contribution is -0.143. The number of methoxy groups -OCH3 is 1. The molecule has 7 N–H and O–H groups in total. The highest BCUT2D eigenvalue weighted by atomic mass is 35.6. The summed E-state index contributed by atoms with van der Waals surface area (Å²) in [5, 5.41) is 53.9. The molecule has 6 saturated carbocycles. The van der Waals surface area contributed by atoms with E-state index in [1.807, 2.05) is 0 Å². The molecule has 3 saturated heterocycles. The zero-order chi connectivity index (χ0) is 57.1. The summed E-state index contributed by atoms with van der Waals surface area (Å²) in [6.07, 6.45) is 24.2. The predicted octanol–water partition coefficient (Wildman–Crippen LogP) is 11.1. The second-order valence-corrected chi connectivity index (χ2v) is 24.3. The third-order valence-corrected chi connectivity index (χ3v) is 14.0. The molecule has 4 atom stereocenters. The largest absolute Gasteiger partial charge is 0.516 e. The van der Waals surface area contributed by atoms with E-state index in [0.29, 0.717) is 16.9 Å². The van der Waals surface area contributed by atoms with E-state index in [2.05, 4.69) is 73.6 Å². The number of Topliss-reactive ketones (excluding diaryl/α,β-unsaturated/α-hetero) is 2. The molecule has 0 spiro atoms. The summed E-state index contributed by atoms with van der Waals surface area (Å²) in [6.45, 7) is 30.1. The van der Waals surface area contributed by atoms with E-state index in [1.165, 1.54) is 84.7 Å². The molecule has 9 fully saturated rings. The lowest BCUT2D eigenvalue weighted by Gasteiger charge is -2.53. The van der Waals surface area contributed by atoms with Crippen molar-refractivity contribution in [3.8, 4) is 0 Å². The van der Waals surface area contributed by atoms with Gasteiger partial charge in [0.05, 0.1) is 32.7 Å². The first-order chi connectivity index (χ1) is 34.1. The van der Waals surface area contributed by atoms with Crippen molar-refractivity contribution in [2.75, 3.05) is 79.8 Å². The first-order valence-corrected chi connectivity index (χ1v) is 28.1. The SMILES string of the molecule is C1CCOC1.C1CCOCC1.C=CO.CC(=O)CO.CC(C)(C)C.CC1C2CC3CC(C2)CC1C3.CC1CC2CCC1C2(C)C.CC1CCCCO1.CCO.COC(=O)CO.O=C(CO)C(Cl)(Cl)Cl.OCCO. The van der Waals surface area contributed by atoms with Gasteiger partial charge >= 0.3 is 5.97 Å². The monoisotopic (exact) mass is 1110 g/mol. The van der Waals surface area contributed by atoms with Gasteiger partial charge in [0.1, 0.15) is 19.8 Å². The molecule has 438 valence electrons. The van der Waals surface area contributed by atoms with Crippen molar-refractivity contribution < 1.29 is 69.1 Å². The van der Waals surface area contributed by atoms with E-state index in [4.69, 9.17) is 84.8 Å². The van der Waals surface area contributed by atoms with E-state index in [1.54, 1.807) is 39.0 Å². The number of fused-ring (bicyclic) bond motifs is 2. The molecular weight excluding hydrogens is 1000 g/mol. The van der Waals surface area contributed by atoms with Gasteiger partial charge in [-0.15, -0.1) is 0 Å². The highest BCUT2D eigenvalue weighted by Gasteiger charge is 2.51. The Bertz CT molecular complexity index is 1230. The van der Waals surface area contributed by atoms with Crippen LogP contribution in [0.2, 0.25) is 0 Å². The number of alkyl halides is 3. The van der Waals surface area contributed by atoms with Crippen LogP contribution >= 0.6 is 34.8 Å². The zero-order valence-electron chi connectivity index (χ0n) is 47.7. The lowest BCUT2D eigenvalue weighted by atomic mass is 9.52. The Balaban J connectivity index is -0.000000364. The fourth-order valence-corrected chi connectivity index (χ4v) is 10.1. The summed E-state index contributed by atoms with van der Waals surface area (Å²) in [5.41, 5.74) is 1.19. The molecule has 9 aliphatic rings. The van der Waals surface area contributed by atoms with Crippen molar-refractivity contribution in [3.05, 3.63) is 12.8 Å². The fourth-order valence-electron chi connectivity index (χ4n) is 9.93. The van der Waals surface area contributed by atoms with Crippen LogP contribution in [0.5, 0.6) is 0 Å². The van der Waals surface area contributed by atoms with Crippen LogP contribution in [-0.2, 0) is 33.3 Å². The molecule has 0 aromatic heterocycles. The molecule has 0 amide bonds. The quantitative estimate of drug-likeness (QED) is 0.0789. The first kappa shape index (κ1) is 78.4. The Labute approximate surface area is 459 Å². The summed E-state index contributed by atoms with van der Waals surface area (Å²) >= 11 is 15.0. The van der Waals surface area contributed by atoms with Gasteiger partial charge in [0.2, 0.25) is 5.78 Å². The molecule has 3 aliphatic heterocycles. The highest BCUT2D eigenvalue weighted by Crippen LogP contribution is 2.60. The number of carbonyl (C=O) groups is 3. The molecule has 4 unspecified atom stereocenters. The summed E-state index contributed by atoms with van der Waals surface area (Å²) in [6, 6.07) is 0. The van der Waals surface area contributed by atoms with Crippen molar-refractivity contribution >= 4 is 52.3 Å². The average molecular weight is 1110 g/mol. The Morgan fingerprint density at radius 3 is 1.22 bits per heavy atom. The number of hydrogen-bond acceptors (Lipinski definition) is 14. The van der Waals surface area contributed by atoms with E-state index in [0.717, 1.165) is 86.6 Å². The van der Waals surface area contributed by atoms with Crippen LogP contribution in [0.4, 0.5) is 0 Å². The minimum Gasteiger partial charge on any atom is -0.516 e. The van der Waals surface area contributed by atoms with Gasteiger partial charge in [-0.2, -0.15) is 0 Å². The Morgan fingerprint density at radius 1 is 0.671 bits per heavy atom. The maximum Gasteiger partial charge on any atom is 0.331 e. The van der Waals surface area contributed by atoms with Crippen molar-refractivity contribution in [1.82, 2.24) is 0 Å². The standard InChI is InChI=1S/C11H18.C10H18.C6H12O.C5H10O.C5H12.C4H8O.C3H3Cl3O2.C3H6O3.C3H6O2.C2H6O2.C2H6O.C2H4O/c1-7-10-3-8-2-9(5-10)6-11(7)4-8;1-7-6-8-4-5-9(7)10(8,2)3;1-6-4-2-3-5-7-6;1-2-4-6-5-3-1;1-5(2,3)4;1-2-4-5-3-1;4-3(5,6)2(8)1-7;1-6-3(5)2-4;1-3(5)2-4;3-1-2-4;2*1-2-3/h7-11H,2-6H2,1H3;7-9H,4-6H2,1-3H3;6H,2-5H2,1H3;1-5H2;1-4H3;1-4H2;7H,1H2;4H,2H2,1H3;4H,2H2,1H3;3-4H,1-2H2;3H,2H2,1H3;2-3H,1H2. The number of halogens is 3. The van der Waals surface area contributed by atoms with Gasteiger partial charge in [-0.3, -0.25) is 9.59 Å². The molecule has 6 bridgehead atoms. The van der Waals surface area contributed by atoms with Gasteiger partial charge in [-0.25, -0.2) is 4.79 Å². The fraction of sp³-hybridized carbons (Fsp3) is 0.911. The zero-order valence-corrected chi connectivity index (χ0v) is 50.0. The van der Waals surface area contributed by atoms with Crippen LogP contribution in [0.3, 0.4) is 0 Å². The Kier molecular flexibility index (Phi) is 51.5. The molecule has 0 aromatic rings. The smallest absolute Gasteiger partial charge is 0.331 e. The average Bonchev–Trinajstić information content (AvgIpc) is 4.08. The van der Waals surface area contributed by atoms with Gasteiger partial charge in [-0.1, -0.05) is 96.8 Å². The van der Waals surface area contributed by atoms with Gasteiger partial charge < -0.3 is 54.7 Å². The molecule has 17 heteroatoms. The van der Waals surface area contributed by atoms with E-state index in [9.17, 15) is 14.4 Å². The molecule has 0 aromatic carbocycles. The maximum atomic E-state index is 10.2. The summed E-state index contributed by atoms with van der Waals surface area (Å²) in [5.74, 6) is 7.23. The molecule has 73 heavy (non-hydrogen) atoms. The van der Waals surface area contributed by atoms with E-state index >= 15 is 0 Å². The highest BCUT2D eigenvalue weighted by molar-refractivity contribution is 6.76. The van der Waals surface area contributed by atoms with Gasteiger partial charge in [-0.05, 0) is 182 Å². The molecule has 0 radical (unpaired) electrons. The second kappa shape index (κ2) is 48.0. The number of carbonyl (C=O) groups excluding carboxylic acids is 3. The molecule has 3 heterocycles. The first-order valence-electron chi connectivity index (χ1n) is 27.0. The molecular formula is C56H109Cl3O14. The number of ether oxygens (including phenoxy) is 4. The Morgan fingerprint density at radius 2 is 1.07 bits per heavy atom. The minimum atomic E-state index is -1.96. The van der Waals surface area contributed by atoms with Crippen LogP contribution in [0.1, 0.15) is 179 Å². The summed E-state index contributed by atoms with van der Waals surface area (Å²) < 4.78 is 17.3. The normalized spacial score (nSPS) is 26.8. The van der Waals surface area contributed by atoms with E-state index < -0.39 is 28.8 Å². The van der Waals surface area contributed by atoms with E-state index in [-0.39, 0.29) is 32.2 Å². The minimum absolute atomic E-state index is 0.125. The van der Waals surface area contributed by atoms with Crippen LogP contribution in [0.25, 0.3) is 0 Å². The Hall–Kier alpha value is -1.14. The topological polar surface area (TPSA) is 230 Å². The number of hydrogen-bond donors (Lipinski definition) is 7. The molecule has 9 rings (SSSR count). The number of ketones is 2. The predicted molar refractivity (Wildman–Crippen MR) is 298 cm³/mol. The summed E-state index contributed by atoms with van der Waals surface area (Å²) in [7, 11) is 1.22. The molecule has 6 aliphatic carbocycles. The summed E-state index contributed by atoms with van der Waals surface area (Å²) in [4.78, 5) is 29.5. The van der Waals surface area contributed by atoms with Gasteiger partial charge in [0.15, 0.2) is 5.78 Å². The van der Waals surface area contributed by atoms with Gasteiger partial charge in [0, 0.05) is 39.6 Å². The number of rotatable bonds is 4. The van der Waals surface area contributed by atoms with Crippen LogP contribution in [0, 0.1) is 58.2 Å². The van der Waals surface area contributed by atoms with Crippen LogP contribution < -0.4 is 0 Å². The van der Waals surface area contributed by atoms with Crippen molar-refractivity contribution in [2.24, 2.45) is 58.2 Å². The molecule has 14 nitrogen and oxygen atoms in total. The van der Waals surface area contributed by atoms with Crippen LogP contribution in [0.15, 0.2) is 12.8 Å². The van der Waals surface area contributed by atoms with Crippen LogP contribution in [-0.4, -0.2) is 143 Å². The number of aliphatic hydroxyl groups is 7. The van der Waals surface area contributed by atoms with Crippen molar-refractivity contribution in [2.45, 2.75) is 189 Å².